The van der Waals surface area contributed by atoms with Gasteiger partial charge in [-0.3, -0.25) is 4.79 Å². The summed E-state index contributed by atoms with van der Waals surface area (Å²) in [7, 11) is 2.11. The first-order valence-corrected chi connectivity index (χ1v) is 7.99. The van der Waals surface area contributed by atoms with E-state index in [1.807, 2.05) is 0 Å². The lowest BCUT2D eigenvalue weighted by Gasteiger charge is -2.19. The van der Waals surface area contributed by atoms with Crippen LogP contribution in [0.1, 0.15) is 19.3 Å². The van der Waals surface area contributed by atoms with Crippen LogP contribution in [0.25, 0.3) is 0 Å². The molecule has 110 valence electrons. The molecule has 1 N–H and O–H groups in total. The highest BCUT2D eigenvalue weighted by atomic mass is 32.2. The van der Waals surface area contributed by atoms with Crippen LogP contribution < -0.4 is 5.32 Å². The minimum atomic E-state index is -0.229. The van der Waals surface area contributed by atoms with Crippen molar-refractivity contribution in [2.75, 3.05) is 25.9 Å². The van der Waals surface area contributed by atoms with Crippen molar-refractivity contribution in [3.8, 4) is 0 Å². The number of rotatable bonds is 6. The maximum absolute atomic E-state index is 12.7. The monoisotopic (exact) mass is 296 g/mol. The summed E-state index contributed by atoms with van der Waals surface area (Å²) >= 11 is 1.58. The molecule has 1 amide bonds. The van der Waals surface area contributed by atoms with Gasteiger partial charge in [-0.05, 0) is 50.7 Å². The van der Waals surface area contributed by atoms with Gasteiger partial charge >= 0.3 is 0 Å². The highest BCUT2D eigenvalue weighted by molar-refractivity contribution is 7.99. The minimum Gasteiger partial charge on any atom is -0.355 e. The van der Waals surface area contributed by atoms with E-state index in [-0.39, 0.29) is 11.7 Å². The molecule has 2 rings (SSSR count). The predicted molar refractivity (Wildman–Crippen MR) is 80.4 cm³/mol. The van der Waals surface area contributed by atoms with Crippen LogP contribution in [-0.2, 0) is 4.79 Å². The summed E-state index contributed by atoms with van der Waals surface area (Å²) in [5.74, 6) is 0.588. The number of amides is 1. The number of nitrogens with zero attached hydrogens (tertiary/aromatic N) is 1. The van der Waals surface area contributed by atoms with Crippen molar-refractivity contribution in [2.24, 2.45) is 0 Å². The number of thioether (sulfide) groups is 1. The van der Waals surface area contributed by atoms with Gasteiger partial charge in [-0.25, -0.2) is 4.39 Å². The zero-order valence-electron chi connectivity index (χ0n) is 11.8. The number of benzene rings is 1. The lowest BCUT2D eigenvalue weighted by Crippen LogP contribution is -2.38. The van der Waals surface area contributed by atoms with Gasteiger partial charge in [0.25, 0.3) is 0 Å². The summed E-state index contributed by atoms with van der Waals surface area (Å²) in [4.78, 5) is 15.0. The van der Waals surface area contributed by atoms with Crippen molar-refractivity contribution >= 4 is 17.7 Å². The second-order valence-electron chi connectivity index (χ2n) is 5.13. The number of carbonyl (C=O) groups excluding carboxylic acids is 1. The fourth-order valence-corrected chi connectivity index (χ4v) is 3.20. The van der Waals surface area contributed by atoms with Gasteiger partial charge in [0.05, 0.1) is 0 Å². The van der Waals surface area contributed by atoms with Crippen molar-refractivity contribution < 1.29 is 9.18 Å². The molecule has 0 aliphatic carbocycles. The van der Waals surface area contributed by atoms with Crippen LogP contribution in [0, 0.1) is 5.82 Å². The van der Waals surface area contributed by atoms with Gasteiger partial charge in [0.15, 0.2) is 0 Å². The molecule has 1 atom stereocenters. The third-order valence-corrected chi connectivity index (χ3v) is 4.63. The summed E-state index contributed by atoms with van der Waals surface area (Å²) in [5, 5.41) is 3.00. The lowest BCUT2D eigenvalue weighted by atomic mass is 10.2. The molecular weight excluding hydrogens is 275 g/mol. The molecule has 0 radical (unpaired) electrons. The molecule has 1 fully saturated rings. The Morgan fingerprint density at radius 2 is 2.20 bits per heavy atom. The molecule has 1 heterocycles. The molecule has 5 heteroatoms. The van der Waals surface area contributed by atoms with E-state index in [1.165, 1.54) is 25.0 Å². The van der Waals surface area contributed by atoms with Gasteiger partial charge in [-0.2, -0.15) is 0 Å². The molecule has 0 saturated carbocycles. The molecule has 3 nitrogen and oxygen atoms in total. The maximum Gasteiger partial charge on any atom is 0.220 e. The average molecular weight is 296 g/mol. The summed E-state index contributed by atoms with van der Waals surface area (Å²) in [6, 6.07) is 6.86. The van der Waals surface area contributed by atoms with Crippen LogP contribution in [0.4, 0.5) is 4.39 Å². The Bertz CT molecular complexity index is 438. The third-order valence-electron chi connectivity index (χ3n) is 3.62. The van der Waals surface area contributed by atoms with Gasteiger partial charge in [0.1, 0.15) is 5.82 Å². The number of likely N-dealkylation sites (tertiary alicyclic amines) is 1. The molecule has 0 aromatic heterocycles. The number of carbonyl (C=O) groups is 1. The summed E-state index contributed by atoms with van der Waals surface area (Å²) < 4.78 is 12.7. The van der Waals surface area contributed by atoms with Crippen LogP contribution in [-0.4, -0.2) is 42.7 Å². The number of likely N-dealkylation sites (N-methyl/N-ethyl adjacent to an activating group) is 1. The van der Waals surface area contributed by atoms with Crippen molar-refractivity contribution in [3.63, 3.8) is 0 Å². The molecule has 0 spiro atoms. The fourth-order valence-electron chi connectivity index (χ4n) is 2.35. The van der Waals surface area contributed by atoms with Crippen LogP contribution in [0.5, 0.6) is 0 Å². The Kier molecular flexibility index (Phi) is 5.86. The molecule has 1 saturated heterocycles. The maximum atomic E-state index is 12.7. The third kappa shape index (κ3) is 4.80. The van der Waals surface area contributed by atoms with Crippen LogP contribution in [0.3, 0.4) is 0 Å². The zero-order chi connectivity index (χ0) is 14.4. The predicted octanol–water partition coefficient (Wildman–Crippen LogP) is 2.52. The van der Waals surface area contributed by atoms with Gasteiger partial charge in [-0.1, -0.05) is 0 Å². The first kappa shape index (κ1) is 15.3. The molecule has 1 aromatic rings. The summed E-state index contributed by atoms with van der Waals surface area (Å²) in [6.07, 6.45) is 2.89. The van der Waals surface area contributed by atoms with E-state index in [2.05, 4.69) is 17.3 Å². The van der Waals surface area contributed by atoms with Gasteiger partial charge in [0, 0.05) is 29.7 Å². The fraction of sp³-hybridized carbons (Fsp3) is 0.533. The Balaban J connectivity index is 1.61. The molecular formula is C15H21FN2OS. The van der Waals surface area contributed by atoms with Crippen molar-refractivity contribution in [1.29, 1.82) is 0 Å². The lowest BCUT2D eigenvalue weighted by molar-refractivity contribution is -0.120. The topological polar surface area (TPSA) is 32.3 Å². The standard InChI is InChI=1S/C15H21FN2OS/c1-18-9-2-3-13(18)11-17-15(19)8-10-20-14-6-4-12(16)5-7-14/h4-7,13H,2-3,8-11H2,1H3,(H,17,19). The molecule has 1 unspecified atom stereocenters. The first-order valence-electron chi connectivity index (χ1n) is 7.00. The van der Waals surface area contributed by atoms with E-state index < -0.39 is 0 Å². The molecule has 1 aromatic carbocycles. The van der Waals surface area contributed by atoms with Gasteiger partial charge < -0.3 is 10.2 Å². The number of hydrogen-bond acceptors (Lipinski definition) is 3. The molecule has 1 aliphatic rings. The van der Waals surface area contributed by atoms with E-state index >= 15 is 0 Å². The van der Waals surface area contributed by atoms with E-state index in [0.717, 1.165) is 23.7 Å². The number of hydrogen-bond donors (Lipinski definition) is 1. The number of halogens is 1. The molecule has 1 aliphatic heterocycles. The average Bonchev–Trinajstić information content (AvgIpc) is 2.84. The van der Waals surface area contributed by atoms with E-state index in [9.17, 15) is 9.18 Å². The number of nitrogens with one attached hydrogen (secondary N) is 1. The zero-order valence-corrected chi connectivity index (χ0v) is 12.6. The van der Waals surface area contributed by atoms with E-state index in [0.29, 0.717) is 12.5 Å². The van der Waals surface area contributed by atoms with Crippen molar-refractivity contribution in [2.45, 2.75) is 30.2 Å². The molecule has 20 heavy (non-hydrogen) atoms. The van der Waals surface area contributed by atoms with Crippen LogP contribution in [0.2, 0.25) is 0 Å². The normalized spacial score (nSPS) is 19.2. The van der Waals surface area contributed by atoms with Crippen molar-refractivity contribution in [3.05, 3.63) is 30.1 Å². The summed E-state index contributed by atoms with van der Waals surface area (Å²) in [5.41, 5.74) is 0. The molecule has 0 bridgehead atoms. The van der Waals surface area contributed by atoms with Crippen molar-refractivity contribution in [1.82, 2.24) is 10.2 Å². The van der Waals surface area contributed by atoms with Gasteiger partial charge in [0.2, 0.25) is 5.91 Å². The minimum absolute atomic E-state index is 0.0971. The Morgan fingerprint density at radius 3 is 2.85 bits per heavy atom. The van der Waals surface area contributed by atoms with Crippen LogP contribution in [0.15, 0.2) is 29.2 Å². The SMILES string of the molecule is CN1CCCC1CNC(=O)CCSc1ccc(F)cc1. The smallest absolute Gasteiger partial charge is 0.220 e. The van der Waals surface area contributed by atoms with Gasteiger partial charge in [-0.15, -0.1) is 11.8 Å². The largest absolute Gasteiger partial charge is 0.355 e. The Morgan fingerprint density at radius 1 is 1.45 bits per heavy atom. The highest BCUT2D eigenvalue weighted by Crippen LogP contribution is 2.19. The van der Waals surface area contributed by atoms with E-state index in [4.69, 9.17) is 0 Å². The van der Waals surface area contributed by atoms with Crippen LogP contribution >= 0.6 is 11.8 Å². The Labute approximate surface area is 123 Å². The first-order chi connectivity index (χ1) is 9.65. The van der Waals surface area contributed by atoms with E-state index in [1.54, 1.807) is 23.9 Å². The second kappa shape index (κ2) is 7.64. The Hall–Kier alpha value is -1.07. The highest BCUT2D eigenvalue weighted by Gasteiger charge is 2.20. The summed E-state index contributed by atoms with van der Waals surface area (Å²) in [6.45, 7) is 1.87. The quantitative estimate of drug-likeness (QED) is 0.819. The second-order valence-corrected chi connectivity index (χ2v) is 6.30.